The number of esters is 1. The number of rotatable bonds is 24. The summed E-state index contributed by atoms with van der Waals surface area (Å²) in [5, 5.41) is 29.6. The number of hydrogen-bond acceptors (Lipinski definition) is 9. The first-order chi connectivity index (χ1) is 27.2. The quantitative estimate of drug-likeness (QED) is 0.0472. The minimum atomic E-state index is -1.03. The summed E-state index contributed by atoms with van der Waals surface area (Å²) in [5.41, 5.74) is 4.69. The Balaban J connectivity index is 0.000000939. The minimum absolute atomic E-state index is 0.0495. The van der Waals surface area contributed by atoms with Crippen LogP contribution in [-0.2, 0) is 46.6 Å². The van der Waals surface area contributed by atoms with Gasteiger partial charge in [-0.05, 0) is 80.5 Å². The molecule has 0 heterocycles. The number of carboxylic acid groups (broad SMARTS) is 3. The lowest BCUT2D eigenvalue weighted by Gasteiger charge is -2.20. The molecule has 0 bridgehead atoms. The average molecular weight is 812 g/mol. The van der Waals surface area contributed by atoms with Crippen molar-refractivity contribution in [3.05, 3.63) is 82.9 Å². The number of ketones is 1. The maximum absolute atomic E-state index is 12.2. The molecule has 3 unspecified atom stereocenters. The maximum Gasteiger partial charge on any atom is 0.333 e. The van der Waals surface area contributed by atoms with E-state index in [-0.39, 0.29) is 62.9 Å². The van der Waals surface area contributed by atoms with Gasteiger partial charge in [0, 0.05) is 37.0 Å². The molecule has 0 spiro atoms. The Labute approximate surface area is 345 Å². The maximum atomic E-state index is 12.2. The number of carboxylic acids is 3. The van der Waals surface area contributed by atoms with E-state index in [1.54, 1.807) is 11.8 Å². The Bertz CT molecular complexity index is 1560. The van der Waals surface area contributed by atoms with Crippen LogP contribution in [0.2, 0.25) is 0 Å². The minimum Gasteiger partial charge on any atom is -0.480 e. The fourth-order valence-corrected chi connectivity index (χ4v) is 5.30. The number of benzene rings is 2. The molecule has 0 saturated carbocycles. The van der Waals surface area contributed by atoms with E-state index in [9.17, 15) is 28.8 Å². The van der Waals surface area contributed by atoms with Crippen LogP contribution >= 0.6 is 0 Å². The Morgan fingerprint density at radius 1 is 0.655 bits per heavy atom. The largest absolute Gasteiger partial charge is 0.480 e. The summed E-state index contributed by atoms with van der Waals surface area (Å²) in [6.07, 6.45) is 3.66. The fraction of sp³-hybridized carbons (Fsp3) is 0.556. The number of hydrogen-bond donors (Lipinski definition) is 4. The van der Waals surface area contributed by atoms with E-state index in [1.807, 2.05) is 64.1 Å². The summed E-state index contributed by atoms with van der Waals surface area (Å²) in [7, 11) is 0. The smallest absolute Gasteiger partial charge is 0.333 e. The van der Waals surface area contributed by atoms with Crippen LogP contribution in [0.4, 0.5) is 0 Å². The SMILES string of the molecule is C=C(C)C(=O)OCCCC(=O)CN(CC(=O)O)Cc1ccc(C(C)CC)cc1.CCC(C)C(=O)NC(C)C.CCC(C)c1ccc(CN(CC(=O)O)CC(=O)O)cc1. The number of Topliss-reactive ketones (excluding diaryl/α,β-unsaturated/α-hetero) is 1. The Hall–Kier alpha value is -4.88. The summed E-state index contributed by atoms with van der Waals surface area (Å²) in [4.78, 5) is 70.2. The number of carbonyl (C=O) groups is 6. The summed E-state index contributed by atoms with van der Waals surface area (Å²) in [6, 6.07) is 16.2. The predicted molar refractivity (Wildman–Crippen MR) is 227 cm³/mol. The van der Waals surface area contributed by atoms with Crippen molar-refractivity contribution < 1.29 is 48.8 Å². The van der Waals surface area contributed by atoms with Gasteiger partial charge in [-0.25, -0.2) is 4.79 Å². The molecule has 0 radical (unpaired) electrons. The lowest BCUT2D eigenvalue weighted by atomic mass is 9.97. The van der Waals surface area contributed by atoms with Crippen LogP contribution < -0.4 is 5.32 Å². The van der Waals surface area contributed by atoms with Crippen LogP contribution in [0.1, 0.15) is 129 Å². The number of aliphatic carboxylic acids is 3. The molecule has 13 heteroatoms. The number of nitrogens with zero attached hydrogens (tertiary/aromatic N) is 2. The molecule has 0 saturated heterocycles. The first kappa shape index (κ1) is 53.1. The monoisotopic (exact) mass is 811 g/mol. The normalized spacial score (nSPS) is 12.3. The molecule has 2 aromatic rings. The van der Waals surface area contributed by atoms with Crippen molar-refractivity contribution in [3.63, 3.8) is 0 Å². The zero-order valence-corrected chi connectivity index (χ0v) is 36.2. The molecule has 2 aromatic carbocycles. The lowest BCUT2D eigenvalue weighted by molar-refractivity contribution is -0.142. The molecule has 0 aliphatic heterocycles. The second-order valence-corrected chi connectivity index (χ2v) is 15.1. The summed E-state index contributed by atoms with van der Waals surface area (Å²) in [5.74, 6) is -2.29. The highest BCUT2D eigenvalue weighted by Crippen LogP contribution is 2.20. The second-order valence-electron chi connectivity index (χ2n) is 15.1. The third-order valence-corrected chi connectivity index (χ3v) is 9.28. The van der Waals surface area contributed by atoms with E-state index in [2.05, 4.69) is 51.7 Å². The molecule has 3 atom stereocenters. The topological polar surface area (TPSA) is 191 Å². The van der Waals surface area contributed by atoms with Gasteiger partial charge in [-0.1, -0.05) is 96.7 Å². The van der Waals surface area contributed by atoms with E-state index >= 15 is 0 Å². The molecule has 0 aromatic heterocycles. The van der Waals surface area contributed by atoms with Crippen molar-refractivity contribution in [2.75, 3.05) is 32.8 Å². The molecule has 1 amide bonds. The van der Waals surface area contributed by atoms with Gasteiger partial charge in [0.2, 0.25) is 5.91 Å². The number of nitrogens with one attached hydrogen (secondary N) is 1. The van der Waals surface area contributed by atoms with Crippen molar-refractivity contribution in [2.45, 2.75) is 125 Å². The van der Waals surface area contributed by atoms with Crippen LogP contribution in [0.25, 0.3) is 0 Å². The van der Waals surface area contributed by atoms with Crippen molar-refractivity contribution >= 4 is 35.6 Å². The predicted octanol–water partition coefficient (Wildman–Crippen LogP) is 7.28. The van der Waals surface area contributed by atoms with Gasteiger partial charge in [0.1, 0.15) is 5.78 Å². The number of amides is 1. The summed E-state index contributed by atoms with van der Waals surface area (Å²) in [6.45, 7) is 21.7. The molecule has 0 aliphatic rings. The highest BCUT2D eigenvalue weighted by atomic mass is 16.5. The molecule has 2 rings (SSSR count). The molecule has 4 N–H and O–H groups in total. The Morgan fingerprint density at radius 3 is 1.38 bits per heavy atom. The van der Waals surface area contributed by atoms with Gasteiger partial charge < -0.3 is 25.4 Å². The van der Waals surface area contributed by atoms with Crippen LogP contribution in [0.5, 0.6) is 0 Å². The molecule has 0 aliphatic carbocycles. The standard InChI is InChI=1S/C22H31NO5.C15H21NO4.C8H17NO/c1-5-17(4)19-10-8-18(9-11-19)13-23(15-21(25)26)14-20(24)7-6-12-28-22(27)16(2)3;1-3-11(2)13-6-4-12(5-7-13)8-16(9-14(17)18)10-15(19)20;1-5-7(4)8(10)9-6(2)3/h8-11,17H,2,5-7,12-15H2,1,3-4H3,(H,25,26);4-7,11H,3,8-10H2,1-2H3,(H,17,18)(H,19,20);6-7H,5H2,1-4H3,(H,9,10). The van der Waals surface area contributed by atoms with Gasteiger partial charge in [0.05, 0.1) is 32.8 Å². The highest BCUT2D eigenvalue weighted by molar-refractivity contribution is 5.87. The van der Waals surface area contributed by atoms with E-state index < -0.39 is 23.9 Å². The lowest BCUT2D eigenvalue weighted by Crippen LogP contribution is -2.34. The van der Waals surface area contributed by atoms with Crippen LogP contribution in [-0.4, -0.2) is 99.5 Å². The van der Waals surface area contributed by atoms with Gasteiger partial charge in [-0.15, -0.1) is 0 Å². The van der Waals surface area contributed by atoms with Crippen LogP contribution in [0.15, 0.2) is 60.7 Å². The summed E-state index contributed by atoms with van der Waals surface area (Å²) >= 11 is 0. The van der Waals surface area contributed by atoms with Crippen molar-refractivity contribution in [3.8, 4) is 0 Å². The van der Waals surface area contributed by atoms with Gasteiger partial charge in [0.25, 0.3) is 0 Å². The zero-order valence-electron chi connectivity index (χ0n) is 36.2. The van der Waals surface area contributed by atoms with Gasteiger partial charge >= 0.3 is 23.9 Å². The number of carbonyl (C=O) groups excluding carboxylic acids is 3. The molecule has 324 valence electrons. The van der Waals surface area contributed by atoms with Crippen molar-refractivity contribution in [1.29, 1.82) is 0 Å². The third kappa shape index (κ3) is 24.7. The van der Waals surface area contributed by atoms with E-state index in [1.165, 1.54) is 16.0 Å². The first-order valence-electron chi connectivity index (χ1n) is 20.1. The average Bonchev–Trinajstić information content (AvgIpc) is 3.15. The first-order valence-corrected chi connectivity index (χ1v) is 20.1. The highest BCUT2D eigenvalue weighted by Gasteiger charge is 2.17. The molecule has 0 fully saturated rings. The van der Waals surface area contributed by atoms with Gasteiger partial charge in [-0.2, -0.15) is 0 Å². The fourth-order valence-electron chi connectivity index (χ4n) is 5.30. The molecular weight excluding hydrogens is 743 g/mol. The Morgan fingerprint density at radius 2 is 1.05 bits per heavy atom. The zero-order chi connectivity index (χ0) is 44.4. The van der Waals surface area contributed by atoms with Gasteiger partial charge in [0.15, 0.2) is 0 Å². The van der Waals surface area contributed by atoms with Crippen LogP contribution in [0.3, 0.4) is 0 Å². The number of ether oxygens (including phenoxy) is 1. The van der Waals surface area contributed by atoms with Crippen LogP contribution in [0, 0.1) is 5.92 Å². The van der Waals surface area contributed by atoms with E-state index in [0.717, 1.165) is 30.4 Å². The van der Waals surface area contributed by atoms with Crippen molar-refractivity contribution in [2.24, 2.45) is 5.92 Å². The van der Waals surface area contributed by atoms with Crippen molar-refractivity contribution in [1.82, 2.24) is 15.1 Å². The molecule has 58 heavy (non-hydrogen) atoms. The summed E-state index contributed by atoms with van der Waals surface area (Å²) < 4.78 is 4.96. The Kier molecular flexibility index (Phi) is 26.9. The van der Waals surface area contributed by atoms with Gasteiger partial charge in [-0.3, -0.25) is 33.8 Å². The van der Waals surface area contributed by atoms with E-state index in [0.29, 0.717) is 36.9 Å². The van der Waals surface area contributed by atoms with E-state index in [4.69, 9.17) is 20.1 Å². The molecular formula is C45H69N3O10. The third-order valence-electron chi connectivity index (χ3n) is 9.28. The second kappa shape index (κ2) is 29.4. The molecule has 13 nitrogen and oxygen atoms in total.